The van der Waals surface area contributed by atoms with Crippen LogP contribution in [0.4, 0.5) is 0 Å². The van der Waals surface area contributed by atoms with Crippen molar-refractivity contribution in [1.29, 1.82) is 5.26 Å². The van der Waals surface area contributed by atoms with Crippen molar-refractivity contribution < 1.29 is 19.1 Å². The van der Waals surface area contributed by atoms with Gasteiger partial charge in [-0.25, -0.2) is 0 Å². The van der Waals surface area contributed by atoms with Gasteiger partial charge in [0.25, 0.3) is 5.91 Å². The Morgan fingerprint density at radius 2 is 1.97 bits per heavy atom. The zero-order valence-corrected chi connectivity index (χ0v) is 22.3. The van der Waals surface area contributed by atoms with Gasteiger partial charge in [0.15, 0.2) is 0 Å². The molecule has 1 fully saturated rings. The van der Waals surface area contributed by atoms with Crippen molar-refractivity contribution in [2.24, 2.45) is 11.3 Å². The van der Waals surface area contributed by atoms with Crippen molar-refractivity contribution in [1.82, 2.24) is 20.9 Å². The Morgan fingerprint density at radius 3 is 2.53 bits per heavy atom. The first-order valence-electron chi connectivity index (χ1n) is 11.9. The molecule has 3 unspecified atom stereocenters. The second-order valence-electron chi connectivity index (χ2n) is 11.2. The molecule has 1 aliphatic rings. The van der Waals surface area contributed by atoms with Crippen molar-refractivity contribution in [3.8, 4) is 11.8 Å². The van der Waals surface area contributed by atoms with Crippen LogP contribution in [-0.2, 0) is 9.59 Å². The van der Waals surface area contributed by atoms with Gasteiger partial charge in [-0.1, -0.05) is 32.4 Å². The molecule has 194 valence electrons. The number of benzene rings is 1. The van der Waals surface area contributed by atoms with Crippen LogP contribution >= 0.6 is 11.6 Å². The molecule has 3 atom stereocenters. The summed E-state index contributed by atoms with van der Waals surface area (Å²) in [5, 5.41) is 19.2. The number of aromatic amines is 1. The number of methoxy groups -OCH3 is 1. The lowest BCUT2D eigenvalue weighted by Gasteiger charge is -2.27. The van der Waals surface area contributed by atoms with E-state index < -0.39 is 23.9 Å². The minimum absolute atomic E-state index is 0.122. The molecule has 0 aliphatic carbocycles. The molecule has 1 aromatic heterocycles. The van der Waals surface area contributed by atoms with Crippen LogP contribution in [0.1, 0.15) is 64.4 Å². The lowest BCUT2D eigenvalue weighted by Crippen LogP contribution is -2.51. The third-order valence-electron chi connectivity index (χ3n) is 6.15. The molecule has 1 aliphatic heterocycles. The van der Waals surface area contributed by atoms with Gasteiger partial charge in [-0.05, 0) is 50.7 Å². The molecule has 2 aromatic rings. The normalized spacial score (nSPS) is 18.7. The summed E-state index contributed by atoms with van der Waals surface area (Å²) in [6.07, 6.45) is 1.13. The van der Waals surface area contributed by atoms with Crippen LogP contribution in [0.3, 0.4) is 0 Å². The van der Waals surface area contributed by atoms with E-state index in [9.17, 15) is 19.6 Å². The maximum atomic E-state index is 13.2. The van der Waals surface area contributed by atoms with E-state index in [1.807, 2.05) is 34.6 Å². The summed E-state index contributed by atoms with van der Waals surface area (Å²) in [5.74, 6) is -0.878. The molecule has 3 amide bonds. The van der Waals surface area contributed by atoms with E-state index in [4.69, 9.17) is 16.3 Å². The van der Waals surface area contributed by atoms with Crippen molar-refractivity contribution in [2.45, 2.75) is 71.5 Å². The molecule has 3 rings (SSSR count). The lowest BCUT2D eigenvalue weighted by atomic mass is 9.87. The Hall–Kier alpha value is -3.25. The summed E-state index contributed by atoms with van der Waals surface area (Å²) in [7, 11) is 1.53. The molecule has 1 aromatic carbocycles. The molecule has 0 radical (unpaired) electrons. The molecule has 0 saturated carbocycles. The first kappa shape index (κ1) is 27.3. The molecule has 0 spiro atoms. The third kappa shape index (κ3) is 6.70. The minimum atomic E-state index is -0.890. The van der Waals surface area contributed by atoms with Gasteiger partial charge in [-0.15, -0.1) is 0 Å². The zero-order chi connectivity index (χ0) is 26.8. The number of amides is 3. The van der Waals surface area contributed by atoms with Gasteiger partial charge in [0.2, 0.25) is 11.8 Å². The second kappa shape index (κ2) is 10.4. The Labute approximate surface area is 216 Å². The number of hydrogen-bond acceptors (Lipinski definition) is 5. The topological polar surface area (TPSA) is 136 Å². The summed E-state index contributed by atoms with van der Waals surface area (Å²) in [6, 6.07) is 5.38. The molecular formula is C26H34ClN5O4. The van der Waals surface area contributed by atoms with Gasteiger partial charge in [0, 0.05) is 22.9 Å². The highest BCUT2D eigenvalue weighted by molar-refractivity contribution is 6.35. The predicted molar refractivity (Wildman–Crippen MR) is 138 cm³/mol. The molecule has 10 heteroatoms. The Morgan fingerprint density at radius 1 is 1.28 bits per heavy atom. The number of rotatable bonds is 8. The van der Waals surface area contributed by atoms with E-state index in [-0.39, 0.29) is 34.9 Å². The summed E-state index contributed by atoms with van der Waals surface area (Å²) >= 11 is 6.31. The van der Waals surface area contributed by atoms with Crippen molar-refractivity contribution in [3.05, 3.63) is 28.9 Å². The maximum absolute atomic E-state index is 13.2. The molecule has 9 nitrogen and oxygen atoms in total. The van der Waals surface area contributed by atoms with Crippen LogP contribution in [0.2, 0.25) is 5.02 Å². The summed E-state index contributed by atoms with van der Waals surface area (Å²) in [5.41, 5.74) is 0.195. The fourth-order valence-electron chi connectivity index (χ4n) is 4.56. The number of ether oxygens (including phenoxy) is 1. The average Bonchev–Trinajstić information content (AvgIpc) is 3.31. The minimum Gasteiger partial charge on any atom is -0.497 e. The van der Waals surface area contributed by atoms with Crippen LogP contribution in [0.5, 0.6) is 5.75 Å². The van der Waals surface area contributed by atoms with E-state index >= 15 is 0 Å². The molecular weight excluding hydrogens is 482 g/mol. The van der Waals surface area contributed by atoms with Crippen LogP contribution in [0, 0.1) is 22.7 Å². The number of nitrogens with zero attached hydrogens (tertiary/aromatic N) is 1. The van der Waals surface area contributed by atoms with Crippen LogP contribution in [0.25, 0.3) is 10.9 Å². The molecule has 1 saturated heterocycles. The lowest BCUT2D eigenvalue weighted by molar-refractivity contribution is -0.125. The summed E-state index contributed by atoms with van der Waals surface area (Å²) in [4.78, 5) is 41.6. The summed E-state index contributed by atoms with van der Waals surface area (Å²) < 4.78 is 5.23. The molecule has 0 bridgehead atoms. The van der Waals surface area contributed by atoms with Gasteiger partial charge in [-0.2, -0.15) is 5.26 Å². The van der Waals surface area contributed by atoms with Crippen molar-refractivity contribution in [3.63, 3.8) is 0 Å². The number of nitrogens with one attached hydrogen (secondary N) is 4. The monoisotopic (exact) mass is 515 g/mol. The second-order valence-corrected chi connectivity index (χ2v) is 11.7. The summed E-state index contributed by atoms with van der Waals surface area (Å²) in [6.45, 7) is 9.73. The average molecular weight is 516 g/mol. The van der Waals surface area contributed by atoms with Gasteiger partial charge in [-0.3, -0.25) is 14.4 Å². The first-order valence-corrected chi connectivity index (χ1v) is 12.3. The standard InChI is InChI=1S/C26H34ClN5O4/c1-25(2,3)12-20(24(35)29-16(13-28)7-15-11-26(4,5)32-22(15)33)31-23(34)19-9-14-8-17(36-6)10-18(27)21(14)30-19/h8-10,15-16,20,30H,7,11-12H2,1-6H3,(H,29,35)(H,31,34)(H,32,33). The van der Waals surface area contributed by atoms with Gasteiger partial charge in [0.1, 0.15) is 23.5 Å². The largest absolute Gasteiger partial charge is 0.497 e. The number of nitriles is 1. The Balaban J connectivity index is 1.75. The van der Waals surface area contributed by atoms with Gasteiger partial charge >= 0.3 is 0 Å². The van der Waals surface area contributed by atoms with Gasteiger partial charge in [0.05, 0.1) is 23.7 Å². The van der Waals surface area contributed by atoms with Crippen molar-refractivity contribution >= 4 is 40.2 Å². The third-order valence-corrected chi connectivity index (χ3v) is 6.45. The number of carbonyl (C=O) groups excluding carboxylic acids is 3. The highest BCUT2D eigenvalue weighted by Gasteiger charge is 2.39. The van der Waals surface area contributed by atoms with E-state index in [0.29, 0.717) is 34.5 Å². The zero-order valence-electron chi connectivity index (χ0n) is 21.5. The number of hydrogen-bond donors (Lipinski definition) is 4. The quantitative estimate of drug-likeness (QED) is 0.425. The fraction of sp³-hybridized carbons (Fsp3) is 0.538. The number of aromatic nitrogens is 1. The van der Waals surface area contributed by atoms with E-state index in [0.717, 1.165) is 0 Å². The molecule has 36 heavy (non-hydrogen) atoms. The van der Waals surface area contributed by atoms with E-state index in [1.165, 1.54) is 7.11 Å². The molecule has 4 N–H and O–H groups in total. The maximum Gasteiger partial charge on any atom is 0.268 e. The van der Waals surface area contributed by atoms with Gasteiger partial charge < -0.3 is 25.7 Å². The van der Waals surface area contributed by atoms with E-state index in [1.54, 1.807) is 18.2 Å². The Kier molecular flexibility index (Phi) is 7.89. The number of carbonyl (C=O) groups is 3. The number of fused-ring (bicyclic) bond motifs is 1. The van der Waals surface area contributed by atoms with Crippen LogP contribution in [0.15, 0.2) is 18.2 Å². The van der Waals surface area contributed by atoms with Crippen LogP contribution in [-0.4, -0.2) is 47.4 Å². The van der Waals surface area contributed by atoms with Crippen molar-refractivity contribution in [2.75, 3.05) is 7.11 Å². The van der Waals surface area contributed by atoms with Crippen LogP contribution < -0.4 is 20.7 Å². The SMILES string of the molecule is COc1cc(Cl)c2[nH]c(C(=O)NC(CC(C)(C)C)C(=O)NC(C#N)CC3CC(C)(C)NC3=O)cc2c1. The van der Waals surface area contributed by atoms with E-state index in [2.05, 4.69) is 27.0 Å². The number of halogens is 1. The molecule has 2 heterocycles. The smallest absolute Gasteiger partial charge is 0.268 e. The Bertz CT molecular complexity index is 1210. The predicted octanol–water partition coefficient (Wildman–Crippen LogP) is 3.68. The highest BCUT2D eigenvalue weighted by atomic mass is 35.5. The fourth-order valence-corrected chi connectivity index (χ4v) is 4.82. The highest BCUT2D eigenvalue weighted by Crippen LogP contribution is 2.30. The first-order chi connectivity index (χ1) is 16.7. The number of H-pyrrole nitrogens is 1.